The Labute approximate surface area is 601 Å². The number of carboxylic acids is 2. The van der Waals surface area contributed by atoms with Gasteiger partial charge < -0.3 is 56.5 Å². The highest BCUT2D eigenvalue weighted by Gasteiger charge is 2.66. The molecule has 103 heavy (non-hydrogen) atoms. The number of carbonyl (C=O) groups excluding carboxylic acids is 8. The molecule has 9 amide bonds. The van der Waals surface area contributed by atoms with E-state index in [9.17, 15) is 58.2 Å². The molecule has 4 saturated carbocycles. The van der Waals surface area contributed by atoms with Crippen LogP contribution in [0.5, 0.6) is 0 Å². The van der Waals surface area contributed by atoms with Crippen molar-refractivity contribution in [3.8, 4) is 11.1 Å². The quantitative estimate of drug-likeness (QED) is 0.0140. The predicted molar refractivity (Wildman–Crippen MR) is 385 cm³/mol. The van der Waals surface area contributed by atoms with E-state index in [1.807, 2.05) is 59.0 Å². The number of para-hydroxylation sites is 1. The molecule has 2 unspecified atom stereocenters. The van der Waals surface area contributed by atoms with E-state index in [4.69, 9.17) is 25.3 Å². The molecule has 12 rings (SSSR count). The highest BCUT2D eigenvalue weighted by molar-refractivity contribution is 7.22. The summed E-state index contributed by atoms with van der Waals surface area (Å²) in [5, 5.41) is 39.7. The molecule has 4 bridgehead atoms. The van der Waals surface area contributed by atoms with Gasteiger partial charge in [0.2, 0.25) is 17.7 Å². The molecule has 6 aromatic rings. The zero-order valence-electron chi connectivity index (χ0n) is 58.8. The number of primary amides is 1. The zero-order chi connectivity index (χ0) is 73.4. The summed E-state index contributed by atoms with van der Waals surface area (Å²) >= 11 is 1.41. The lowest BCUT2D eigenvalue weighted by atomic mass is 9.39. The molecule has 5 heterocycles. The maximum absolute atomic E-state index is 14.0. The summed E-state index contributed by atoms with van der Waals surface area (Å²) < 4.78 is 15.9. The molecule has 2 aliphatic heterocycles. The molecule has 9 N–H and O–H groups in total. The van der Waals surface area contributed by atoms with Gasteiger partial charge in [-0.1, -0.05) is 81.9 Å². The number of pyridine rings is 1. The third-order valence-electron chi connectivity index (χ3n) is 20.5. The van der Waals surface area contributed by atoms with Crippen molar-refractivity contribution < 1.29 is 67.6 Å². The molecule has 3 aromatic heterocycles. The Bertz CT molecular complexity index is 4200. The number of fused-ring (bicyclic) bond motifs is 2. The first kappa shape index (κ1) is 74.1. The lowest BCUT2D eigenvalue weighted by Gasteiger charge is -2.69. The number of rotatable bonds is 33. The molecule has 3 aromatic carbocycles. The number of hydrogen-bond donors (Lipinski definition) is 8. The van der Waals surface area contributed by atoms with Gasteiger partial charge >= 0.3 is 24.1 Å². The molecule has 0 radical (unpaired) electrons. The molecule has 0 saturated heterocycles. The van der Waals surface area contributed by atoms with Crippen molar-refractivity contribution in [1.82, 2.24) is 45.5 Å². The van der Waals surface area contributed by atoms with Gasteiger partial charge in [-0.25, -0.2) is 24.4 Å². The third kappa shape index (κ3) is 18.0. The second kappa shape index (κ2) is 31.7. The van der Waals surface area contributed by atoms with E-state index >= 15 is 0 Å². The first-order chi connectivity index (χ1) is 49.2. The maximum atomic E-state index is 14.0. The monoisotopic (exact) mass is 1430 g/mol. The molecule has 27 nitrogen and oxygen atoms in total. The van der Waals surface area contributed by atoms with Gasteiger partial charge in [-0.05, 0) is 165 Å². The SMILES string of the molecule is Cc1c(-c2ccc(N3CCc4cccc(C(=O)Nc5nc6ccccc6s5)c4C3)nc2C(=O)O)cnn1CC12CC3(C)CC(C)(C1)CC(OCCN(CCCC(=O)O)C(=O)OCc1ccc(NC(=O)[C@H](CCCNC(N)=O)NC(=O)[C@@H](NC(=O)CCCCCN4C(=O)C=CC4=O)C(C)C)cc1)(C3)C2. The molecule has 546 valence electrons. The van der Waals surface area contributed by atoms with Crippen LogP contribution in [0.25, 0.3) is 21.3 Å². The molecule has 28 heteroatoms. The highest BCUT2D eigenvalue weighted by Crippen LogP contribution is 2.72. The number of thiazole rings is 1. The van der Waals surface area contributed by atoms with Gasteiger partial charge in [-0.15, -0.1) is 0 Å². The van der Waals surface area contributed by atoms with Crippen LogP contribution < -0.4 is 37.2 Å². The van der Waals surface area contributed by atoms with Crippen LogP contribution in [0.15, 0.2) is 97.2 Å². The fourth-order valence-corrected chi connectivity index (χ4v) is 17.7. The number of anilines is 3. The van der Waals surface area contributed by atoms with E-state index in [0.717, 1.165) is 70.5 Å². The zero-order valence-corrected chi connectivity index (χ0v) is 59.7. The van der Waals surface area contributed by atoms with Crippen molar-refractivity contribution in [3.05, 3.63) is 131 Å². The Morgan fingerprint density at radius 1 is 0.767 bits per heavy atom. The number of ether oxygens (including phenoxy) is 2. The lowest BCUT2D eigenvalue weighted by molar-refractivity contribution is -0.248. The first-order valence-corrected chi connectivity index (χ1v) is 36.1. The largest absolute Gasteiger partial charge is 0.481 e. The standard InChI is InChI=1S/C75H91N13O14S/c1-46(2)63(83-59(89)19-7-6-10-32-87-60(90)27-28-61(87)91)67(96)80-56(17-12-30-77-69(76)99)66(95)79-50-23-21-48(22-24-50)38-101-71(100)85(31-13-20-62(92)93)34-35-102-75-42-72(4)39-73(5,43-75)41-74(40-72,44-75)45-88-47(3)53(36-78-88)51-25-26-58(82-64(51)68(97)98)86-33-29-49-14-11-15-52(54(49)37-86)65(94)84-70-81-55-16-8-9-18-57(55)103-70/h8-9,11,14-16,18,21-28,36,46,56,63H,6-7,10,12-13,17,19-20,29-35,37-45H2,1-5H3,(H,79,95)(H,80,96)(H,83,89)(H,92,93)(H,97,98)(H3,76,77,99)(H,81,84,94)/t56-,63-,72?,73?,74?,75?/m0/s1. The highest BCUT2D eigenvalue weighted by atomic mass is 32.1. The minimum absolute atomic E-state index is 0.0663. The number of carbonyl (C=O) groups is 10. The summed E-state index contributed by atoms with van der Waals surface area (Å²) in [4.78, 5) is 143. The number of aromatic carboxylic acids is 1. The molecular weight excluding hydrogens is 1340 g/mol. The number of nitrogens with one attached hydrogen (secondary N) is 5. The summed E-state index contributed by atoms with van der Waals surface area (Å²) in [6, 6.07) is 20.7. The van der Waals surface area contributed by atoms with Crippen molar-refractivity contribution in [2.45, 2.75) is 168 Å². The smallest absolute Gasteiger partial charge is 0.410 e. The van der Waals surface area contributed by atoms with E-state index < -0.39 is 53.6 Å². The predicted octanol–water partition coefficient (Wildman–Crippen LogP) is 9.51. The molecular formula is C75H91N13O14S. The summed E-state index contributed by atoms with van der Waals surface area (Å²) in [6.07, 6.45) is 11.4. The number of nitrogens with two attached hydrogens (primary N) is 1. The van der Waals surface area contributed by atoms with Crippen LogP contribution in [0.4, 0.5) is 26.2 Å². The van der Waals surface area contributed by atoms with Gasteiger partial charge in [0.1, 0.15) is 24.5 Å². The van der Waals surface area contributed by atoms with E-state index in [1.165, 1.54) is 28.4 Å². The van der Waals surface area contributed by atoms with Crippen LogP contribution in [-0.4, -0.2) is 156 Å². The van der Waals surface area contributed by atoms with Crippen LogP contribution in [0.3, 0.4) is 0 Å². The first-order valence-electron chi connectivity index (χ1n) is 35.3. The molecule has 0 spiro atoms. The maximum Gasteiger partial charge on any atom is 0.410 e. The van der Waals surface area contributed by atoms with Gasteiger partial charge in [0.05, 0.1) is 28.6 Å². The molecule has 6 aliphatic rings. The molecule has 4 atom stereocenters. The molecule has 4 fully saturated rings. The third-order valence-corrected chi connectivity index (χ3v) is 21.4. The topological polar surface area (TPSA) is 369 Å². The minimum Gasteiger partial charge on any atom is -0.481 e. The number of nitrogens with zero attached hydrogens (tertiary/aromatic N) is 7. The van der Waals surface area contributed by atoms with E-state index in [1.54, 1.807) is 56.4 Å². The number of imide groups is 1. The van der Waals surface area contributed by atoms with Crippen molar-refractivity contribution in [2.75, 3.05) is 54.9 Å². The number of aliphatic carboxylic acids is 1. The van der Waals surface area contributed by atoms with Gasteiger partial charge in [-0.3, -0.25) is 48.5 Å². The number of aromatic nitrogens is 4. The van der Waals surface area contributed by atoms with E-state index in [0.29, 0.717) is 84.2 Å². The van der Waals surface area contributed by atoms with E-state index in [-0.39, 0.29) is 123 Å². The minimum atomic E-state index is -1.18. The van der Waals surface area contributed by atoms with Gasteiger partial charge in [-0.2, -0.15) is 5.10 Å². The van der Waals surface area contributed by atoms with Gasteiger partial charge in [0.15, 0.2) is 10.8 Å². The second-order valence-electron chi connectivity index (χ2n) is 29.4. The fraction of sp³-hybridized carbons (Fsp3) is 0.480. The normalized spacial score (nSPS) is 20.7. The van der Waals surface area contributed by atoms with Crippen LogP contribution >= 0.6 is 11.3 Å². The fourth-order valence-electron chi connectivity index (χ4n) is 16.9. The summed E-state index contributed by atoms with van der Waals surface area (Å²) in [7, 11) is 0. The Morgan fingerprint density at radius 3 is 2.22 bits per heavy atom. The lowest BCUT2D eigenvalue weighted by Crippen LogP contribution is -2.64. The Hall–Kier alpha value is -10.1. The Morgan fingerprint density at radius 2 is 1.51 bits per heavy atom. The van der Waals surface area contributed by atoms with Crippen LogP contribution in [0, 0.1) is 29.1 Å². The van der Waals surface area contributed by atoms with Crippen LogP contribution in [0.2, 0.25) is 0 Å². The van der Waals surface area contributed by atoms with Crippen molar-refractivity contribution in [3.63, 3.8) is 0 Å². The van der Waals surface area contributed by atoms with Crippen LogP contribution in [0.1, 0.15) is 161 Å². The average Bonchev–Trinajstić information content (AvgIpc) is 0.817. The number of benzene rings is 3. The number of carboxylic acid groups (broad SMARTS) is 2. The summed E-state index contributed by atoms with van der Waals surface area (Å²) in [5.74, 6) is -4.63. The van der Waals surface area contributed by atoms with E-state index in [2.05, 4.69) is 45.4 Å². The van der Waals surface area contributed by atoms with Crippen LogP contribution in [-0.2, 0) is 64.4 Å². The molecule has 4 aliphatic carbocycles. The average molecular weight is 1430 g/mol. The second-order valence-corrected chi connectivity index (χ2v) is 30.5. The van der Waals surface area contributed by atoms with Gasteiger partial charge in [0, 0.05) is 98.9 Å². The number of amides is 9. The summed E-state index contributed by atoms with van der Waals surface area (Å²) in [6.45, 7) is 12.2. The number of urea groups is 1. The van der Waals surface area contributed by atoms with Crippen molar-refractivity contribution >= 4 is 97.7 Å². The summed E-state index contributed by atoms with van der Waals surface area (Å²) in [5.41, 5.74) is 10.3. The number of unbranched alkanes of at least 4 members (excludes halogenated alkanes) is 2. The van der Waals surface area contributed by atoms with Gasteiger partial charge in [0.25, 0.3) is 17.7 Å². The van der Waals surface area contributed by atoms with Crippen molar-refractivity contribution in [1.29, 1.82) is 0 Å². The number of hydrogen-bond acceptors (Lipinski definition) is 17. The Balaban J connectivity index is 0.696. The Kier molecular flexibility index (Phi) is 22.8. The van der Waals surface area contributed by atoms with Crippen molar-refractivity contribution in [2.24, 2.45) is 27.9 Å².